The number of hydrogen-bond donors (Lipinski definition) is 1. The monoisotopic (exact) mass is 179 g/mol. The molecule has 2 fully saturated rings. The lowest BCUT2D eigenvalue weighted by atomic mass is 9.65. The van der Waals surface area contributed by atoms with Crippen molar-refractivity contribution in [2.75, 3.05) is 0 Å². The summed E-state index contributed by atoms with van der Waals surface area (Å²) in [6.45, 7) is 6.41. The maximum atomic E-state index is 9.96. The number of nitriles is 1. The molecule has 2 aliphatic carbocycles. The molecule has 2 saturated carbocycles. The van der Waals surface area contributed by atoms with Crippen LogP contribution in [0, 0.1) is 27.6 Å². The van der Waals surface area contributed by atoms with E-state index >= 15 is 0 Å². The number of aliphatic hydroxyl groups excluding tert-OH is 1. The van der Waals surface area contributed by atoms with Crippen molar-refractivity contribution < 1.29 is 5.11 Å². The minimum Gasteiger partial charge on any atom is -0.392 e. The number of nitrogens with zero attached hydrogens (tertiary/aromatic N) is 1. The van der Waals surface area contributed by atoms with Gasteiger partial charge in [0.25, 0.3) is 0 Å². The first kappa shape index (κ1) is 9.02. The van der Waals surface area contributed by atoms with Crippen molar-refractivity contribution in [2.45, 2.75) is 46.1 Å². The number of fused-ring (bicyclic) bond motifs is 2. The van der Waals surface area contributed by atoms with Crippen LogP contribution < -0.4 is 0 Å². The molecule has 0 radical (unpaired) electrons. The lowest BCUT2D eigenvalue weighted by Crippen LogP contribution is -2.36. The van der Waals surface area contributed by atoms with Gasteiger partial charge in [0.15, 0.2) is 0 Å². The van der Waals surface area contributed by atoms with Crippen molar-refractivity contribution in [3.05, 3.63) is 0 Å². The molecular weight excluding hydrogens is 162 g/mol. The highest BCUT2D eigenvalue weighted by molar-refractivity contribution is 5.25. The molecule has 2 heteroatoms. The quantitative estimate of drug-likeness (QED) is 0.618. The van der Waals surface area contributed by atoms with E-state index in [9.17, 15) is 10.4 Å². The summed E-state index contributed by atoms with van der Waals surface area (Å²) in [5.74, 6) is 0. The molecular formula is C11H17NO. The normalized spacial score (nSPS) is 52.1. The SMILES string of the molecule is CC12CCC(C#N)(CC1O)C2(C)C. The Balaban J connectivity index is 2.54. The molecule has 0 heterocycles. The van der Waals surface area contributed by atoms with Crippen LogP contribution in [0.3, 0.4) is 0 Å². The van der Waals surface area contributed by atoms with Crippen LogP contribution in [-0.4, -0.2) is 11.2 Å². The molecule has 72 valence electrons. The fourth-order valence-corrected chi connectivity index (χ4v) is 3.38. The molecule has 0 aromatic heterocycles. The zero-order valence-corrected chi connectivity index (χ0v) is 8.59. The Morgan fingerprint density at radius 3 is 2.15 bits per heavy atom. The number of aliphatic hydroxyl groups is 1. The van der Waals surface area contributed by atoms with Gasteiger partial charge in [-0.15, -0.1) is 0 Å². The molecule has 3 unspecified atom stereocenters. The molecule has 2 bridgehead atoms. The van der Waals surface area contributed by atoms with Gasteiger partial charge in [-0.25, -0.2) is 0 Å². The van der Waals surface area contributed by atoms with Gasteiger partial charge in [-0.05, 0) is 24.7 Å². The van der Waals surface area contributed by atoms with E-state index in [2.05, 4.69) is 26.8 Å². The Kier molecular flexibility index (Phi) is 1.45. The zero-order chi connectivity index (χ0) is 9.91. The summed E-state index contributed by atoms with van der Waals surface area (Å²) in [6, 6.07) is 2.45. The third-order valence-electron chi connectivity index (χ3n) is 5.19. The van der Waals surface area contributed by atoms with Gasteiger partial charge in [0, 0.05) is 5.41 Å². The van der Waals surface area contributed by atoms with Crippen molar-refractivity contribution in [2.24, 2.45) is 16.2 Å². The summed E-state index contributed by atoms with van der Waals surface area (Å²) in [7, 11) is 0. The fourth-order valence-electron chi connectivity index (χ4n) is 3.38. The average molecular weight is 179 g/mol. The molecule has 1 N–H and O–H groups in total. The Labute approximate surface area is 79.6 Å². The second-order valence-corrected chi connectivity index (χ2v) is 5.46. The van der Waals surface area contributed by atoms with Crippen molar-refractivity contribution in [3.8, 4) is 6.07 Å². The van der Waals surface area contributed by atoms with E-state index in [1.165, 1.54) is 0 Å². The van der Waals surface area contributed by atoms with E-state index in [0.717, 1.165) is 12.8 Å². The molecule has 2 nitrogen and oxygen atoms in total. The molecule has 3 atom stereocenters. The van der Waals surface area contributed by atoms with E-state index in [4.69, 9.17) is 0 Å². The summed E-state index contributed by atoms with van der Waals surface area (Å²) in [4.78, 5) is 0. The molecule has 0 amide bonds. The molecule has 0 aliphatic heterocycles. The van der Waals surface area contributed by atoms with Crippen LogP contribution in [0.1, 0.15) is 40.0 Å². The van der Waals surface area contributed by atoms with Crippen LogP contribution in [0.15, 0.2) is 0 Å². The summed E-state index contributed by atoms with van der Waals surface area (Å²) in [5, 5.41) is 19.2. The number of rotatable bonds is 0. The Hall–Kier alpha value is -0.550. The Morgan fingerprint density at radius 2 is 1.92 bits per heavy atom. The third-order valence-corrected chi connectivity index (χ3v) is 5.19. The largest absolute Gasteiger partial charge is 0.392 e. The van der Waals surface area contributed by atoms with E-state index in [-0.39, 0.29) is 22.3 Å². The highest BCUT2D eigenvalue weighted by atomic mass is 16.3. The van der Waals surface area contributed by atoms with E-state index in [1.54, 1.807) is 0 Å². The molecule has 0 spiro atoms. The highest BCUT2D eigenvalue weighted by Crippen LogP contribution is 2.71. The highest BCUT2D eigenvalue weighted by Gasteiger charge is 2.69. The van der Waals surface area contributed by atoms with Gasteiger partial charge in [0.05, 0.1) is 17.6 Å². The van der Waals surface area contributed by atoms with Gasteiger partial charge in [-0.3, -0.25) is 0 Å². The second kappa shape index (κ2) is 2.09. The fraction of sp³-hybridized carbons (Fsp3) is 0.909. The molecule has 2 aliphatic rings. The van der Waals surface area contributed by atoms with Crippen LogP contribution in [0.4, 0.5) is 0 Å². The van der Waals surface area contributed by atoms with Gasteiger partial charge in [-0.2, -0.15) is 5.26 Å². The van der Waals surface area contributed by atoms with Crippen molar-refractivity contribution in [1.82, 2.24) is 0 Å². The molecule has 2 rings (SSSR count). The average Bonchev–Trinajstić information content (AvgIpc) is 2.34. The maximum Gasteiger partial charge on any atom is 0.0696 e. The lowest BCUT2D eigenvalue weighted by Gasteiger charge is -2.37. The predicted octanol–water partition coefficient (Wildman–Crippen LogP) is 2.09. The van der Waals surface area contributed by atoms with Gasteiger partial charge in [0.2, 0.25) is 0 Å². The van der Waals surface area contributed by atoms with Crippen molar-refractivity contribution in [1.29, 1.82) is 5.26 Å². The smallest absolute Gasteiger partial charge is 0.0696 e. The van der Waals surface area contributed by atoms with Gasteiger partial charge in [0.1, 0.15) is 0 Å². The topological polar surface area (TPSA) is 44.0 Å². The van der Waals surface area contributed by atoms with Crippen LogP contribution in [0.25, 0.3) is 0 Å². The van der Waals surface area contributed by atoms with Crippen LogP contribution >= 0.6 is 0 Å². The van der Waals surface area contributed by atoms with Crippen LogP contribution in [-0.2, 0) is 0 Å². The minimum atomic E-state index is -0.282. The molecule has 0 aromatic rings. The summed E-state index contributed by atoms with van der Waals surface area (Å²) < 4.78 is 0. The lowest BCUT2D eigenvalue weighted by molar-refractivity contribution is 0.0121. The van der Waals surface area contributed by atoms with Gasteiger partial charge < -0.3 is 5.11 Å². The Bertz CT molecular complexity index is 291. The minimum absolute atomic E-state index is 0.0336. The van der Waals surface area contributed by atoms with Crippen LogP contribution in [0.2, 0.25) is 0 Å². The van der Waals surface area contributed by atoms with Crippen LogP contribution in [0.5, 0.6) is 0 Å². The predicted molar refractivity (Wildman–Crippen MR) is 49.8 cm³/mol. The van der Waals surface area contributed by atoms with Gasteiger partial charge in [-0.1, -0.05) is 20.8 Å². The summed E-state index contributed by atoms with van der Waals surface area (Å²) in [5.41, 5.74) is -0.335. The second-order valence-electron chi connectivity index (χ2n) is 5.46. The van der Waals surface area contributed by atoms with E-state index < -0.39 is 0 Å². The van der Waals surface area contributed by atoms with E-state index in [1.807, 2.05) is 0 Å². The number of hydrogen-bond acceptors (Lipinski definition) is 2. The Morgan fingerprint density at radius 1 is 1.31 bits per heavy atom. The first-order valence-electron chi connectivity index (χ1n) is 4.99. The van der Waals surface area contributed by atoms with Crippen molar-refractivity contribution in [3.63, 3.8) is 0 Å². The van der Waals surface area contributed by atoms with Gasteiger partial charge >= 0.3 is 0 Å². The zero-order valence-electron chi connectivity index (χ0n) is 8.59. The molecule has 0 aromatic carbocycles. The molecule has 0 saturated heterocycles. The first-order chi connectivity index (χ1) is 5.90. The standard InChI is InChI=1S/C11H17NO/c1-9(2)10(3)4-5-11(9,7-12)6-8(10)13/h8,13H,4-6H2,1-3H3. The van der Waals surface area contributed by atoms with Crippen molar-refractivity contribution >= 4 is 0 Å². The molecule has 13 heavy (non-hydrogen) atoms. The third kappa shape index (κ3) is 0.692. The maximum absolute atomic E-state index is 9.96. The summed E-state index contributed by atoms with van der Waals surface area (Å²) in [6.07, 6.45) is 2.35. The first-order valence-corrected chi connectivity index (χ1v) is 4.99. The van der Waals surface area contributed by atoms with E-state index in [0.29, 0.717) is 6.42 Å². The summed E-state index contributed by atoms with van der Waals surface area (Å²) >= 11 is 0.